The highest BCUT2D eigenvalue weighted by molar-refractivity contribution is 6.36. The molecule has 2 aromatic rings. The second-order valence-corrected chi connectivity index (χ2v) is 5.62. The van der Waals surface area contributed by atoms with E-state index in [0.717, 1.165) is 16.7 Å². The van der Waals surface area contributed by atoms with Crippen molar-refractivity contribution in [2.24, 2.45) is 0 Å². The van der Waals surface area contributed by atoms with Crippen LogP contribution in [-0.2, 0) is 11.2 Å². The first-order valence-electron chi connectivity index (χ1n) is 6.27. The molecule has 0 spiro atoms. The normalized spacial score (nSPS) is 10.4. The standard InChI is InChI=1S/C16H15Cl2NO/c1-10-3-4-11(2)12(7-10)8-16(20)19-15-6-5-13(17)9-14(15)18/h3-7,9H,8H2,1-2H3,(H,19,20). The molecule has 0 aliphatic heterocycles. The molecule has 0 radical (unpaired) electrons. The number of amides is 1. The molecule has 0 atom stereocenters. The second kappa shape index (κ2) is 6.29. The smallest absolute Gasteiger partial charge is 0.228 e. The summed E-state index contributed by atoms with van der Waals surface area (Å²) in [5.41, 5.74) is 3.84. The van der Waals surface area contributed by atoms with Gasteiger partial charge in [-0.25, -0.2) is 0 Å². The van der Waals surface area contributed by atoms with Crippen LogP contribution < -0.4 is 5.32 Å². The van der Waals surface area contributed by atoms with E-state index in [2.05, 4.69) is 5.32 Å². The molecule has 0 saturated carbocycles. The van der Waals surface area contributed by atoms with Gasteiger partial charge in [0, 0.05) is 5.02 Å². The Bertz CT molecular complexity index is 653. The Morgan fingerprint density at radius 1 is 1.10 bits per heavy atom. The minimum absolute atomic E-state index is 0.0945. The second-order valence-electron chi connectivity index (χ2n) is 4.78. The molecule has 0 bridgehead atoms. The van der Waals surface area contributed by atoms with Crippen LogP contribution in [0.25, 0.3) is 0 Å². The van der Waals surface area contributed by atoms with E-state index >= 15 is 0 Å². The van der Waals surface area contributed by atoms with Gasteiger partial charge in [0.05, 0.1) is 17.1 Å². The molecule has 0 aromatic heterocycles. The molecule has 1 amide bonds. The van der Waals surface area contributed by atoms with E-state index < -0.39 is 0 Å². The maximum Gasteiger partial charge on any atom is 0.228 e. The Labute approximate surface area is 128 Å². The molecule has 1 N–H and O–H groups in total. The van der Waals surface area contributed by atoms with Gasteiger partial charge in [0.25, 0.3) is 0 Å². The average Bonchev–Trinajstić information content (AvgIpc) is 2.37. The van der Waals surface area contributed by atoms with E-state index in [9.17, 15) is 4.79 Å². The first kappa shape index (κ1) is 14.9. The zero-order valence-corrected chi connectivity index (χ0v) is 12.8. The highest BCUT2D eigenvalue weighted by Gasteiger charge is 2.09. The lowest BCUT2D eigenvalue weighted by Gasteiger charge is -2.09. The molecule has 0 aliphatic carbocycles. The van der Waals surface area contributed by atoms with E-state index in [1.807, 2.05) is 32.0 Å². The summed E-state index contributed by atoms with van der Waals surface area (Å²) in [7, 11) is 0. The monoisotopic (exact) mass is 307 g/mol. The number of anilines is 1. The van der Waals surface area contributed by atoms with Crippen molar-refractivity contribution in [3.63, 3.8) is 0 Å². The lowest BCUT2D eigenvalue weighted by Crippen LogP contribution is -2.15. The Morgan fingerprint density at radius 3 is 2.55 bits per heavy atom. The average molecular weight is 308 g/mol. The first-order chi connectivity index (χ1) is 9.45. The molecule has 0 saturated heterocycles. The number of benzene rings is 2. The van der Waals surface area contributed by atoms with Gasteiger partial charge in [-0.3, -0.25) is 4.79 Å². The van der Waals surface area contributed by atoms with Gasteiger partial charge in [-0.1, -0.05) is 47.0 Å². The largest absolute Gasteiger partial charge is 0.324 e. The van der Waals surface area contributed by atoms with Crippen LogP contribution in [0.4, 0.5) is 5.69 Å². The molecule has 2 nitrogen and oxygen atoms in total. The molecule has 0 fully saturated rings. The van der Waals surface area contributed by atoms with Crippen LogP contribution in [0.5, 0.6) is 0 Å². The van der Waals surface area contributed by atoms with Crippen LogP contribution in [-0.4, -0.2) is 5.91 Å². The fourth-order valence-electron chi connectivity index (χ4n) is 1.95. The molecule has 0 aliphatic rings. The van der Waals surface area contributed by atoms with Crippen molar-refractivity contribution in [3.05, 3.63) is 63.1 Å². The lowest BCUT2D eigenvalue weighted by molar-refractivity contribution is -0.115. The molecular weight excluding hydrogens is 293 g/mol. The fourth-order valence-corrected chi connectivity index (χ4v) is 2.40. The van der Waals surface area contributed by atoms with Gasteiger partial charge in [-0.2, -0.15) is 0 Å². The Hall–Kier alpha value is -1.51. The van der Waals surface area contributed by atoms with Crippen molar-refractivity contribution in [2.45, 2.75) is 20.3 Å². The number of halogens is 2. The number of hydrogen-bond donors (Lipinski definition) is 1. The van der Waals surface area contributed by atoms with Gasteiger partial charge < -0.3 is 5.32 Å². The first-order valence-corrected chi connectivity index (χ1v) is 7.02. The molecule has 2 aromatic carbocycles. The Kier molecular flexibility index (Phi) is 4.69. The summed E-state index contributed by atoms with van der Waals surface area (Å²) >= 11 is 11.9. The number of nitrogens with one attached hydrogen (secondary N) is 1. The molecule has 0 unspecified atom stereocenters. The number of carbonyl (C=O) groups excluding carboxylic acids is 1. The van der Waals surface area contributed by atoms with Gasteiger partial charge in [-0.15, -0.1) is 0 Å². The minimum atomic E-state index is -0.0945. The highest BCUT2D eigenvalue weighted by atomic mass is 35.5. The van der Waals surface area contributed by atoms with E-state index in [1.165, 1.54) is 0 Å². The van der Waals surface area contributed by atoms with Crippen LogP contribution in [0.2, 0.25) is 10.0 Å². The molecule has 0 heterocycles. The number of hydrogen-bond acceptors (Lipinski definition) is 1. The lowest BCUT2D eigenvalue weighted by atomic mass is 10.0. The zero-order chi connectivity index (χ0) is 14.7. The van der Waals surface area contributed by atoms with Crippen LogP contribution in [0.1, 0.15) is 16.7 Å². The van der Waals surface area contributed by atoms with E-state index in [-0.39, 0.29) is 5.91 Å². The van der Waals surface area contributed by atoms with Crippen molar-refractivity contribution in [1.29, 1.82) is 0 Å². The summed E-state index contributed by atoms with van der Waals surface area (Å²) in [4.78, 5) is 12.1. The third kappa shape index (κ3) is 3.75. The van der Waals surface area contributed by atoms with Gasteiger partial charge in [0.15, 0.2) is 0 Å². The van der Waals surface area contributed by atoms with Crippen LogP contribution >= 0.6 is 23.2 Å². The number of aryl methyl sites for hydroxylation is 2. The summed E-state index contributed by atoms with van der Waals surface area (Å²) < 4.78 is 0. The molecule has 2 rings (SSSR count). The van der Waals surface area contributed by atoms with E-state index in [4.69, 9.17) is 23.2 Å². The van der Waals surface area contributed by atoms with Gasteiger partial charge in [0.1, 0.15) is 0 Å². The summed E-state index contributed by atoms with van der Waals surface area (Å²) in [5.74, 6) is -0.0945. The predicted octanol–water partition coefficient (Wildman–Crippen LogP) is 4.79. The molecule has 104 valence electrons. The highest BCUT2D eigenvalue weighted by Crippen LogP contribution is 2.25. The van der Waals surface area contributed by atoms with E-state index in [1.54, 1.807) is 18.2 Å². The van der Waals surface area contributed by atoms with Gasteiger partial charge >= 0.3 is 0 Å². The van der Waals surface area contributed by atoms with Crippen LogP contribution in [0.3, 0.4) is 0 Å². The third-order valence-electron chi connectivity index (χ3n) is 3.06. The fraction of sp³-hybridized carbons (Fsp3) is 0.188. The summed E-state index contributed by atoms with van der Waals surface area (Å²) in [6.07, 6.45) is 0.326. The molecular formula is C16H15Cl2NO. The van der Waals surface area contributed by atoms with Crippen molar-refractivity contribution in [1.82, 2.24) is 0 Å². The predicted molar refractivity (Wildman–Crippen MR) is 84.7 cm³/mol. The van der Waals surface area contributed by atoms with Gasteiger partial charge in [-0.05, 0) is 43.2 Å². The summed E-state index contributed by atoms with van der Waals surface area (Å²) in [5, 5.41) is 3.78. The Morgan fingerprint density at radius 2 is 1.85 bits per heavy atom. The van der Waals surface area contributed by atoms with Crippen molar-refractivity contribution in [3.8, 4) is 0 Å². The number of carbonyl (C=O) groups is 1. The maximum absolute atomic E-state index is 12.1. The Balaban J connectivity index is 2.11. The topological polar surface area (TPSA) is 29.1 Å². The molecule has 20 heavy (non-hydrogen) atoms. The minimum Gasteiger partial charge on any atom is -0.324 e. The SMILES string of the molecule is Cc1ccc(C)c(CC(=O)Nc2ccc(Cl)cc2Cl)c1. The van der Waals surface area contributed by atoms with Crippen LogP contribution in [0, 0.1) is 13.8 Å². The van der Waals surface area contributed by atoms with E-state index in [0.29, 0.717) is 22.2 Å². The van der Waals surface area contributed by atoms with Crippen molar-refractivity contribution < 1.29 is 4.79 Å². The summed E-state index contributed by atoms with van der Waals surface area (Å²) in [6, 6.07) is 11.1. The van der Waals surface area contributed by atoms with Crippen LogP contribution in [0.15, 0.2) is 36.4 Å². The third-order valence-corrected chi connectivity index (χ3v) is 3.61. The summed E-state index contributed by atoms with van der Waals surface area (Å²) in [6.45, 7) is 4.01. The zero-order valence-electron chi connectivity index (χ0n) is 11.3. The molecule has 4 heteroatoms. The maximum atomic E-state index is 12.1. The quantitative estimate of drug-likeness (QED) is 0.867. The van der Waals surface area contributed by atoms with Crippen molar-refractivity contribution >= 4 is 34.8 Å². The van der Waals surface area contributed by atoms with Gasteiger partial charge in [0.2, 0.25) is 5.91 Å². The van der Waals surface area contributed by atoms with Crippen molar-refractivity contribution in [2.75, 3.05) is 5.32 Å². The number of rotatable bonds is 3.